The number of halogens is 3. The molecule has 5 nitrogen and oxygen atoms in total. The maximum atomic E-state index is 13.2. The van der Waals surface area contributed by atoms with Crippen LogP contribution >= 0.6 is 0 Å². The first kappa shape index (κ1) is 18.5. The second kappa shape index (κ2) is 6.79. The lowest BCUT2D eigenvalue weighted by Crippen LogP contribution is -2.29. The zero-order valence-corrected chi connectivity index (χ0v) is 14.0. The molecule has 2 N–H and O–H groups in total. The molecule has 27 heavy (non-hydrogen) atoms. The number of aromatic hydroxyl groups is 1. The molecular formula is C19H15F3N2O3. The standard InChI is InChI=1S/C19H15F3N2O3/c1-2-17(26)23-11-6-7-16(25)13(10-11)18(27)24-9-8-12-14(19(20,21)22)4-3-5-15(12)24/h2-7,10,25H,1,8-9H2,(H,23,26). The van der Waals surface area contributed by atoms with Crippen molar-refractivity contribution in [3.8, 4) is 5.75 Å². The lowest BCUT2D eigenvalue weighted by atomic mass is 10.0. The number of anilines is 2. The zero-order valence-electron chi connectivity index (χ0n) is 14.0. The Labute approximate surface area is 152 Å². The first-order valence-corrected chi connectivity index (χ1v) is 7.99. The number of alkyl halides is 3. The van der Waals surface area contributed by atoms with Gasteiger partial charge >= 0.3 is 6.18 Å². The third-order valence-electron chi connectivity index (χ3n) is 4.26. The molecule has 0 fully saturated rings. The maximum absolute atomic E-state index is 13.2. The van der Waals surface area contributed by atoms with Gasteiger partial charge in [0, 0.05) is 17.9 Å². The molecule has 0 spiro atoms. The molecule has 2 aromatic carbocycles. The average Bonchev–Trinajstić information content (AvgIpc) is 3.05. The van der Waals surface area contributed by atoms with E-state index in [4.69, 9.17) is 0 Å². The van der Waals surface area contributed by atoms with Crippen molar-refractivity contribution in [1.29, 1.82) is 0 Å². The number of phenolic OH excluding ortho intramolecular Hbond substituents is 1. The van der Waals surface area contributed by atoms with Gasteiger partial charge in [0.15, 0.2) is 0 Å². The van der Waals surface area contributed by atoms with Gasteiger partial charge in [-0.25, -0.2) is 0 Å². The van der Waals surface area contributed by atoms with E-state index in [1.54, 1.807) is 0 Å². The van der Waals surface area contributed by atoms with Crippen LogP contribution in [0.4, 0.5) is 24.5 Å². The van der Waals surface area contributed by atoms with Crippen molar-refractivity contribution >= 4 is 23.2 Å². The van der Waals surface area contributed by atoms with Gasteiger partial charge in [0.2, 0.25) is 5.91 Å². The van der Waals surface area contributed by atoms with Gasteiger partial charge in [-0.1, -0.05) is 12.6 Å². The Hall–Kier alpha value is -3.29. The highest BCUT2D eigenvalue weighted by molar-refractivity contribution is 6.10. The van der Waals surface area contributed by atoms with Gasteiger partial charge in [-0.05, 0) is 48.4 Å². The number of carbonyl (C=O) groups is 2. The second-order valence-electron chi connectivity index (χ2n) is 5.93. The monoisotopic (exact) mass is 376 g/mol. The second-order valence-corrected chi connectivity index (χ2v) is 5.93. The van der Waals surface area contributed by atoms with Gasteiger partial charge < -0.3 is 15.3 Å². The van der Waals surface area contributed by atoms with Gasteiger partial charge in [-0.3, -0.25) is 9.59 Å². The highest BCUT2D eigenvalue weighted by Crippen LogP contribution is 2.40. The molecule has 1 heterocycles. The average molecular weight is 376 g/mol. The Balaban J connectivity index is 1.97. The SMILES string of the molecule is C=CC(=O)Nc1ccc(O)c(C(=O)N2CCc3c2cccc3C(F)(F)F)c1. The Morgan fingerprint density at radius 2 is 1.96 bits per heavy atom. The summed E-state index contributed by atoms with van der Waals surface area (Å²) in [5.41, 5.74) is -0.429. The summed E-state index contributed by atoms with van der Waals surface area (Å²) >= 11 is 0. The molecule has 0 saturated carbocycles. The molecule has 0 aromatic heterocycles. The molecule has 0 unspecified atom stereocenters. The maximum Gasteiger partial charge on any atom is 0.416 e. The van der Waals surface area contributed by atoms with Crippen molar-refractivity contribution in [2.45, 2.75) is 12.6 Å². The van der Waals surface area contributed by atoms with Crippen molar-refractivity contribution in [1.82, 2.24) is 0 Å². The minimum absolute atomic E-state index is 0.0500. The number of hydrogen-bond acceptors (Lipinski definition) is 3. The largest absolute Gasteiger partial charge is 0.507 e. The number of phenols is 1. The minimum atomic E-state index is -4.51. The van der Waals surface area contributed by atoms with Crippen LogP contribution in [0.3, 0.4) is 0 Å². The lowest BCUT2D eigenvalue weighted by Gasteiger charge is -2.19. The topological polar surface area (TPSA) is 69.6 Å². The predicted molar refractivity (Wildman–Crippen MR) is 93.8 cm³/mol. The molecule has 0 aliphatic carbocycles. The summed E-state index contributed by atoms with van der Waals surface area (Å²) in [4.78, 5) is 25.4. The number of nitrogens with one attached hydrogen (secondary N) is 1. The zero-order chi connectivity index (χ0) is 19.8. The summed E-state index contributed by atoms with van der Waals surface area (Å²) in [7, 11) is 0. The third kappa shape index (κ3) is 3.51. The summed E-state index contributed by atoms with van der Waals surface area (Å²) in [6, 6.07) is 7.56. The van der Waals surface area contributed by atoms with Crippen LogP contribution in [-0.2, 0) is 17.4 Å². The van der Waals surface area contributed by atoms with Crippen molar-refractivity contribution in [2.24, 2.45) is 0 Å². The van der Waals surface area contributed by atoms with Gasteiger partial charge in [0.25, 0.3) is 5.91 Å². The van der Waals surface area contributed by atoms with Crippen molar-refractivity contribution in [2.75, 3.05) is 16.8 Å². The van der Waals surface area contributed by atoms with Crippen LogP contribution in [0.25, 0.3) is 0 Å². The highest BCUT2D eigenvalue weighted by Gasteiger charge is 2.38. The molecule has 8 heteroatoms. The molecular weight excluding hydrogens is 361 g/mol. The van der Waals surface area contributed by atoms with Crippen LogP contribution < -0.4 is 10.2 Å². The Morgan fingerprint density at radius 1 is 1.22 bits per heavy atom. The minimum Gasteiger partial charge on any atom is -0.507 e. The molecule has 0 bridgehead atoms. The fourth-order valence-corrected chi connectivity index (χ4v) is 3.03. The van der Waals surface area contributed by atoms with Crippen molar-refractivity contribution in [3.63, 3.8) is 0 Å². The molecule has 2 amide bonds. The molecule has 1 aliphatic heterocycles. The van der Waals surface area contributed by atoms with E-state index in [1.165, 1.54) is 35.2 Å². The third-order valence-corrected chi connectivity index (χ3v) is 4.26. The van der Waals surface area contributed by atoms with E-state index in [0.717, 1.165) is 12.1 Å². The van der Waals surface area contributed by atoms with Gasteiger partial charge in [-0.15, -0.1) is 0 Å². The number of hydrogen-bond donors (Lipinski definition) is 2. The van der Waals surface area contributed by atoms with E-state index in [-0.39, 0.29) is 41.2 Å². The molecule has 1 aliphatic rings. The Morgan fingerprint density at radius 3 is 2.63 bits per heavy atom. The fraction of sp³-hybridized carbons (Fsp3) is 0.158. The van der Waals surface area contributed by atoms with Crippen LogP contribution in [0.5, 0.6) is 5.75 Å². The Kier molecular flexibility index (Phi) is 4.65. The van der Waals surface area contributed by atoms with Crippen molar-refractivity contribution in [3.05, 3.63) is 65.7 Å². The summed E-state index contributed by atoms with van der Waals surface area (Å²) in [5.74, 6) is -1.49. The van der Waals surface area contributed by atoms with E-state index in [1.807, 2.05) is 0 Å². The lowest BCUT2D eigenvalue weighted by molar-refractivity contribution is -0.138. The molecule has 0 radical (unpaired) electrons. The summed E-state index contributed by atoms with van der Waals surface area (Å²) in [6.45, 7) is 3.38. The highest BCUT2D eigenvalue weighted by atomic mass is 19.4. The van der Waals surface area contributed by atoms with E-state index in [2.05, 4.69) is 11.9 Å². The molecule has 3 rings (SSSR count). The van der Waals surface area contributed by atoms with Crippen LogP contribution in [0, 0.1) is 0 Å². The van der Waals surface area contributed by atoms with Crippen LogP contribution in [0.2, 0.25) is 0 Å². The number of rotatable bonds is 3. The number of fused-ring (bicyclic) bond motifs is 1. The molecule has 0 saturated heterocycles. The Bertz CT molecular complexity index is 938. The number of carbonyl (C=O) groups excluding carboxylic acids is 2. The summed E-state index contributed by atoms with van der Waals surface area (Å²) in [6.07, 6.45) is -3.41. The van der Waals surface area contributed by atoms with E-state index in [9.17, 15) is 27.9 Å². The van der Waals surface area contributed by atoms with Crippen molar-refractivity contribution < 1.29 is 27.9 Å². The fourth-order valence-electron chi connectivity index (χ4n) is 3.03. The number of amides is 2. The first-order chi connectivity index (χ1) is 12.7. The van der Waals surface area contributed by atoms with E-state index >= 15 is 0 Å². The van der Waals surface area contributed by atoms with Crippen LogP contribution in [0.15, 0.2) is 49.1 Å². The van der Waals surface area contributed by atoms with Crippen LogP contribution in [0.1, 0.15) is 21.5 Å². The summed E-state index contributed by atoms with van der Waals surface area (Å²) < 4.78 is 39.5. The van der Waals surface area contributed by atoms with Gasteiger partial charge in [0.05, 0.1) is 11.1 Å². The quantitative estimate of drug-likeness (QED) is 0.633. The first-order valence-electron chi connectivity index (χ1n) is 7.99. The van der Waals surface area contributed by atoms with Gasteiger partial charge in [0.1, 0.15) is 5.75 Å². The van der Waals surface area contributed by atoms with Crippen LogP contribution in [-0.4, -0.2) is 23.5 Å². The molecule has 0 atom stereocenters. The molecule has 140 valence electrons. The van der Waals surface area contributed by atoms with E-state index in [0.29, 0.717) is 0 Å². The smallest absolute Gasteiger partial charge is 0.416 e. The van der Waals surface area contributed by atoms with Gasteiger partial charge in [-0.2, -0.15) is 13.2 Å². The van der Waals surface area contributed by atoms with E-state index < -0.39 is 23.6 Å². The predicted octanol–water partition coefficient (Wildman–Crippen LogP) is 3.74. The summed E-state index contributed by atoms with van der Waals surface area (Å²) in [5, 5.41) is 12.5. The molecule has 2 aromatic rings. The number of benzene rings is 2. The normalized spacial score (nSPS) is 13.2. The number of nitrogens with zero attached hydrogens (tertiary/aromatic N) is 1.